The highest BCUT2D eigenvalue weighted by Gasteiger charge is 2.08. The van der Waals surface area contributed by atoms with Crippen LogP contribution in [0.3, 0.4) is 0 Å². The predicted molar refractivity (Wildman–Crippen MR) is 72.9 cm³/mol. The molecule has 1 rings (SSSR count). The molecule has 0 saturated heterocycles. The van der Waals surface area contributed by atoms with Crippen molar-refractivity contribution in [2.45, 2.75) is 32.9 Å². The highest BCUT2D eigenvalue weighted by Crippen LogP contribution is 2.10. The lowest BCUT2D eigenvalue weighted by Crippen LogP contribution is -2.35. The van der Waals surface area contributed by atoms with Gasteiger partial charge in [-0.2, -0.15) is 0 Å². The molecule has 17 heavy (non-hydrogen) atoms. The van der Waals surface area contributed by atoms with E-state index in [1.807, 2.05) is 24.2 Å². The Morgan fingerprint density at radius 3 is 2.59 bits per heavy atom. The fourth-order valence-corrected chi connectivity index (χ4v) is 1.33. The summed E-state index contributed by atoms with van der Waals surface area (Å²) in [6, 6.07) is 4.07. The Kier molecular flexibility index (Phi) is 4.53. The van der Waals surface area contributed by atoms with Crippen molar-refractivity contribution in [3.8, 4) is 12.3 Å². The summed E-state index contributed by atoms with van der Waals surface area (Å²) in [6.45, 7) is 7.85. The fourth-order valence-electron chi connectivity index (χ4n) is 1.33. The largest absolute Gasteiger partial charge is 0.349 e. The molecule has 0 radical (unpaired) electrons. The highest BCUT2D eigenvalue weighted by atomic mass is 15.1. The molecule has 1 heterocycles. The van der Waals surface area contributed by atoms with Crippen molar-refractivity contribution in [1.29, 1.82) is 0 Å². The van der Waals surface area contributed by atoms with Gasteiger partial charge in [0.2, 0.25) is 0 Å². The second-order valence-corrected chi connectivity index (χ2v) is 5.19. The van der Waals surface area contributed by atoms with E-state index in [0.717, 1.165) is 12.4 Å². The predicted octanol–water partition coefficient (Wildman–Crippen LogP) is 2.04. The second-order valence-electron chi connectivity index (χ2n) is 5.19. The SMILES string of the molecule is C#CCN(C)c1ccc(CNC(C)(C)C)cn1. The van der Waals surface area contributed by atoms with Gasteiger partial charge in [-0.25, -0.2) is 4.98 Å². The first-order chi connectivity index (χ1) is 7.92. The van der Waals surface area contributed by atoms with Gasteiger partial charge in [-0.15, -0.1) is 6.42 Å². The van der Waals surface area contributed by atoms with Crippen molar-refractivity contribution in [2.75, 3.05) is 18.5 Å². The van der Waals surface area contributed by atoms with Gasteiger partial charge in [0.25, 0.3) is 0 Å². The summed E-state index contributed by atoms with van der Waals surface area (Å²) >= 11 is 0. The summed E-state index contributed by atoms with van der Waals surface area (Å²) in [4.78, 5) is 6.33. The van der Waals surface area contributed by atoms with Gasteiger partial charge in [0.15, 0.2) is 0 Å². The average Bonchev–Trinajstić information content (AvgIpc) is 2.26. The van der Waals surface area contributed by atoms with Crippen LogP contribution in [0.4, 0.5) is 5.82 Å². The summed E-state index contributed by atoms with van der Waals surface area (Å²) in [7, 11) is 1.94. The second kappa shape index (κ2) is 5.70. The molecule has 0 atom stereocenters. The monoisotopic (exact) mass is 231 g/mol. The van der Waals surface area contributed by atoms with Crippen LogP contribution in [-0.4, -0.2) is 24.1 Å². The Morgan fingerprint density at radius 1 is 1.41 bits per heavy atom. The number of pyridine rings is 1. The van der Waals surface area contributed by atoms with Crippen LogP contribution in [0.5, 0.6) is 0 Å². The van der Waals surface area contributed by atoms with Gasteiger partial charge >= 0.3 is 0 Å². The van der Waals surface area contributed by atoms with Crippen molar-refractivity contribution in [3.05, 3.63) is 23.9 Å². The summed E-state index contributed by atoms with van der Waals surface area (Å²) in [5.74, 6) is 3.50. The van der Waals surface area contributed by atoms with Gasteiger partial charge < -0.3 is 10.2 Å². The molecule has 0 unspecified atom stereocenters. The van der Waals surface area contributed by atoms with E-state index < -0.39 is 0 Å². The minimum Gasteiger partial charge on any atom is -0.349 e. The van der Waals surface area contributed by atoms with Crippen LogP contribution >= 0.6 is 0 Å². The van der Waals surface area contributed by atoms with Crippen molar-refractivity contribution >= 4 is 5.82 Å². The Balaban J connectivity index is 2.59. The molecule has 0 aromatic carbocycles. The standard InChI is InChI=1S/C14H21N3/c1-6-9-17(5)13-8-7-12(10-15-13)11-16-14(2,3)4/h1,7-8,10,16H,9,11H2,2-5H3. The van der Waals surface area contributed by atoms with Gasteiger partial charge in [-0.3, -0.25) is 0 Å². The van der Waals surface area contributed by atoms with Crippen LogP contribution in [0, 0.1) is 12.3 Å². The molecule has 0 spiro atoms. The number of aromatic nitrogens is 1. The van der Waals surface area contributed by atoms with E-state index >= 15 is 0 Å². The maximum Gasteiger partial charge on any atom is 0.129 e. The van der Waals surface area contributed by atoms with Gasteiger partial charge in [-0.1, -0.05) is 12.0 Å². The molecule has 0 saturated carbocycles. The van der Waals surface area contributed by atoms with E-state index in [-0.39, 0.29) is 5.54 Å². The van der Waals surface area contributed by atoms with Crippen LogP contribution in [-0.2, 0) is 6.54 Å². The molecule has 0 fully saturated rings. The molecular weight excluding hydrogens is 210 g/mol. The molecule has 92 valence electrons. The molecule has 0 aliphatic carbocycles. The zero-order valence-corrected chi connectivity index (χ0v) is 11.1. The van der Waals surface area contributed by atoms with E-state index in [0.29, 0.717) is 6.54 Å². The van der Waals surface area contributed by atoms with Crippen LogP contribution in [0.25, 0.3) is 0 Å². The molecule has 1 aromatic rings. The number of nitrogens with zero attached hydrogens (tertiary/aromatic N) is 2. The van der Waals surface area contributed by atoms with Crippen molar-refractivity contribution in [1.82, 2.24) is 10.3 Å². The minimum atomic E-state index is 0.124. The third-order valence-corrected chi connectivity index (χ3v) is 2.35. The highest BCUT2D eigenvalue weighted by molar-refractivity contribution is 5.39. The summed E-state index contributed by atoms with van der Waals surface area (Å²) in [5, 5.41) is 3.43. The molecular formula is C14H21N3. The average molecular weight is 231 g/mol. The van der Waals surface area contributed by atoms with Crippen LogP contribution in [0.1, 0.15) is 26.3 Å². The van der Waals surface area contributed by atoms with Crippen LogP contribution in [0.15, 0.2) is 18.3 Å². The van der Waals surface area contributed by atoms with Crippen molar-refractivity contribution < 1.29 is 0 Å². The van der Waals surface area contributed by atoms with Crippen molar-refractivity contribution in [3.63, 3.8) is 0 Å². The first kappa shape index (κ1) is 13.5. The molecule has 3 nitrogen and oxygen atoms in total. The fraction of sp³-hybridized carbons (Fsp3) is 0.500. The van der Waals surface area contributed by atoms with E-state index in [2.05, 4.69) is 43.1 Å². The number of anilines is 1. The molecule has 1 aromatic heterocycles. The topological polar surface area (TPSA) is 28.2 Å². The van der Waals surface area contributed by atoms with Crippen LogP contribution in [0.2, 0.25) is 0 Å². The lowest BCUT2D eigenvalue weighted by Gasteiger charge is -2.21. The molecule has 0 bridgehead atoms. The number of rotatable bonds is 4. The zero-order valence-electron chi connectivity index (χ0n) is 11.1. The number of nitrogens with one attached hydrogen (secondary N) is 1. The van der Waals surface area contributed by atoms with Gasteiger partial charge in [0.1, 0.15) is 5.82 Å². The third-order valence-electron chi connectivity index (χ3n) is 2.35. The quantitative estimate of drug-likeness (QED) is 0.804. The molecule has 0 aliphatic rings. The Bertz CT molecular complexity index is 381. The maximum atomic E-state index is 5.26. The molecule has 0 aliphatic heterocycles. The molecule has 1 N–H and O–H groups in total. The number of hydrogen-bond acceptors (Lipinski definition) is 3. The van der Waals surface area contributed by atoms with E-state index in [1.54, 1.807) is 0 Å². The van der Waals surface area contributed by atoms with Gasteiger partial charge in [0.05, 0.1) is 6.54 Å². The smallest absolute Gasteiger partial charge is 0.129 e. The Hall–Kier alpha value is -1.53. The zero-order chi connectivity index (χ0) is 12.9. The molecule has 0 amide bonds. The van der Waals surface area contributed by atoms with E-state index in [1.165, 1.54) is 5.56 Å². The lowest BCUT2D eigenvalue weighted by molar-refractivity contribution is 0.424. The van der Waals surface area contributed by atoms with E-state index in [4.69, 9.17) is 6.42 Å². The van der Waals surface area contributed by atoms with E-state index in [9.17, 15) is 0 Å². The van der Waals surface area contributed by atoms with Gasteiger partial charge in [0, 0.05) is 25.3 Å². The maximum absolute atomic E-state index is 5.26. The first-order valence-electron chi connectivity index (χ1n) is 5.77. The normalized spacial score (nSPS) is 11.0. The molecule has 3 heteroatoms. The summed E-state index contributed by atoms with van der Waals surface area (Å²) < 4.78 is 0. The minimum absolute atomic E-state index is 0.124. The van der Waals surface area contributed by atoms with Crippen molar-refractivity contribution in [2.24, 2.45) is 0 Å². The summed E-state index contributed by atoms with van der Waals surface area (Å²) in [5.41, 5.74) is 1.30. The Morgan fingerprint density at radius 2 is 2.12 bits per heavy atom. The number of terminal acetylenes is 1. The third kappa shape index (κ3) is 4.88. The first-order valence-corrected chi connectivity index (χ1v) is 5.77. The summed E-state index contributed by atoms with van der Waals surface area (Å²) in [6.07, 6.45) is 7.15. The van der Waals surface area contributed by atoms with Crippen LogP contribution < -0.4 is 10.2 Å². The number of hydrogen-bond donors (Lipinski definition) is 1. The lowest BCUT2D eigenvalue weighted by atomic mass is 10.1. The van der Waals surface area contributed by atoms with Gasteiger partial charge in [-0.05, 0) is 32.4 Å². The Labute approximate surface area is 104 Å².